The zero-order chi connectivity index (χ0) is 12.3. The molecule has 1 aromatic carbocycles. The lowest BCUT2D eigenvalue weighted by molar-refractivity contribution is 0.451. The van der Waals surface area contributed by atoms with E-state index in [4.69, 9.17) is 0 Å². The molecule has 1 aliphatic heterocycles. The number of hydrogen-bond donors (Lipinski definition) is 1. The molecule has 0 aromatic heterocycles. The number of nitrogens with one attached hydrogen (secondary N) is 1. The molecule has 0 spiro atoms. The van der Waals surface area contributed by atoms with Crippen LogP contribution in [0.1, 0.15) is 36.9 Å². The summed E-state index contributed by atoms with van der Waals surface area (Å²) in [5.74, 6) is 2.36. The van der Waals surface area contributed by atoms with Gasteiger partial charge in [0.1, 0.15) is 5.82 Å². The first-order valence-electron chi connectivity index (χ1n) is 6.26. The highest BCUT2D eigenvalue weighted by Gasteiger charge is 2.16. The third kappa shape index (κ3) is 3.46. The number of halogens is 1. The first-order valence-corrected chi connectivity index (χ1v) is 7.42. The lowest BCUT2D eigenvalue weighted by atomic mass is 10.0. The summed E-state index contributed by atoms with van der Waals surface area (Å²) in [6.07, 6.45) is 2.53. The highest BCUT2D eigenvalue weighted by Crippen LogP contribution is 2.21. The fourth-order valence-electron chi connectivity index (χ4n) is 2.20. The number of hydrogen-bond acceptors (Lipinski definition) is 2. The minimum Gasteiger partial charge on any atom is -0.307 e. The maximum atomic E-state index is 13.5. The van der Waals surface area contributed by atoms with Crippen LogP contribution in [0.15, 0.2) is 18.2 Å². The summed E-state index contributed by atoms with van der Waals surface area (Å²) in [5, 5.41) is 3.59. The smallest absolute Gasteiger partial charge is 0.126 e. The molecule has 0 bridgehead atoms. The predicted octanol–water partition coefficient (Wildman–Crippen LogP) is 3.68. The van der Waals surface area contributed by atoms with Gasteiger partial charge in [-0.1, -0.05) is 12.1 Å². The second-order valence-corrected chi connectivity index (χ2v) is 5.96. The van der Waals surface area contributed by atoms with E-state index in [1.54, 1.807) is 13.0 Å². The molecule has 2 rings (SSSR count). The molecule has 1 aromatic rings. The molecule has 0 radical (unpaired) electrons. The van der Waals surface area contributed by atoms with Gasteiger partial charge in [-0.25, -0.2) is 4.39 Å². The number of aryl methyl sites for hydroxylation is 1. The zero-order valence-corrected chi connectivity index (χ0v) is 11.3. The van der Waals surface area contributed by atoms with E-state index >= 15 is 0 Å². The molecule has 2 unspecified atom stereocenters. The van der Waals surface area contributed by atoms with Crippen molar-refractivity contribution in [3.05, 3.63) is 35.1 Å². The van der Waals surface area contributed by atoms with E-state index in [-0.39, 0.29) is 11.9 Å². The van der Waals surface area contributed by atoms with E-state index in [1.165, 1.54) is 24.3 Å². The Labute approximate surface area is 107 Å². The largest absolute Gasteiger partial charge is 0.307 e. The third-order valence-electron chi connectivity index (χ3n) is 3.34. The molecule has 94 valence electrons. The Kier molecular flexibility index (Phi) is 4.46. The molecule has 1 aliphatic rings. The summed E-state index contributed by atoms with van der Waals surface area (Å²) >= 11 is 2.01. The molecule has 1 fully saturated rings. The molecule has 17 heavy (non-hydrogen) atoms. The Hall–Kier alpha value is -0.540. The Morgan fingerprint density at radius 2 is 2.29 bits per heavy atom. The first-order chi connectivity index (χ1) is 8.16. The Morgan fingerprint density at radius 1 is 1.47 bits per heavy atom. The topological polar surface area (TPSA) is 12.0 Å². The zero-order valence-electron chi connectivity index (χ0n) is 10.5. The molecule has 0 saturated carbocycles. The molecule has 1 heterocycles. The van der Waals surface area contributed by atoms with E-state index < -0.39 is 0 Å². The highest BCUT2D eigenvalue weighted by molar-refractivity contribution is 7.99. The van der Waals surface area contributed by atoms with Crippen molar-refractivity contribution >= 4 is 11.8 Å². The van der Waals surface area contributed by atoms with E-state index in [1.807, 2.05) is 23.9 Å². The summed E-state index contributed by atoms with van der Waals surface area (Å²) in [5.41, 5.74) is 1.76. The summed E-state index contributed by atoms with van der Waals surface area (Å²) < 4.78 is 13.5. The van der Waals surface area contributed by atoms with Crippen molar-refractivity contribution in [1.29, 1.82) is 0 Å². The maximum Gasteiger partial charge on any atom is 0.126 e. The number of rotatable bonds is 3. The lowest BCUT2D eigenvalue weighted by Crippen LogP contribution is -2.35. The molecule has 3 heteroatoms. The van der Waals surface area contributed by atoms with Gasteiger partial charge >= 0.3 is 0 Å². The molecular weight excluding hydrogens is 233 g/mol. The van der Waals surface area contributed by atoms with Crippen molar-refractivity contribution in [1.82, 2.24) is 5.32 Å². The molecule has 1 nitrogen and oxygen atoms in total. The molecule has 2 atom stereocenters. The number of thioether (sulfide) groups is 1. The quantitative estimate of drug-likeness (QED) is 0.882. The fourth-order valence-corrected chi connectivity index (χ4v) is 3.29. The van der Waals surface area contributed by atoms with Crippen LogP contribution in [0.2, 0.25) is 0 Å². The van der Waals surface area contributed by atoms with Crippen LogP contribution >= 0.6 is 11.8 Å². The summed E-state index contributed by atoms with van der Waals surface area (Å²) in [6.45, 7) is 3.92. The minimum absolute atomic E-state index is 0.103. The molecular formula is C14H20FNS. The highest BCUT2D eigenvalue weighted by atomic mass is 32.2. The van der Waals surface area contributed by atoms with Crippen LogP contribution in [0.4, 0.5) is 4.39 Å². The van der Waals surface area contributed by atoms with E-state index in [9.17, 15) is 4.39 Å². The van der Waals surface area contributed by atoms with Gasteiger partial charge in [0.05, 0.1) is 0 Å². The van der Waals surface area contributed by atoms with Gasteiger partial charge in [0.25, 0.3) is 0 Å². The van der Waals surface area contributed by atoms with Gasteiger partial charge in [-0.3, -0.25) is 0 Å². The minimum atomic E-state index is -0.103. The van der Waals surface area contributed by atoms with Crippen LogP contribution in [0, 0.1) is 12.7 Å². The van der Waals surface area contributed by atoms with Gasteiger partial charge in [-0.05, 0) is 49.6 Å². The third-order valence-corrected chi connectivity index (χ3v) is 4.56. The van der Waals surface area contributed by atoms with Gasteiger partial charge in [0.2, 0.25) is 0 Å². The monoisotopic (exact) mass is 253 g/mol. The Balaban J connectivity index is 1.98. The second kappa shape index (κ2) is 5.87. The van der Waals surface area contributed by atoms with E-state index in [0.717, 1.165) is 5.56 Å². The standard InChI is InChI=1S/C14H20FNS/c1-10-5-6-12(8-14(10)15)11(2)16-13-4-3-7-17-9-13/h5-6,8,11,13,16H,3-4,7,9H2,1-2H3. The summed E-state index contributed by atoms with van der Waals surface area (Å²) in [7, 11) is 0. The molecule has 0 amide bonds. The van der Waals surface area contributed by atoms with Crippen molar-refractivity contribution in [3.63, 3.8) is 0 Å². The molecule has 1 saturated heterocycles. The van der Waals surface area contributed by atoms with Crippen molar-refractivity contribution in [3.8, 4) is 0 Å². The van der Waals surface area contributed by atoms with Crippen LogP contribution in [-0.2, 0) is 0 Å². The van der Waals surface area contributed by atoms with Gasteiger partial charge in [-0.15, -0.1) is 0 Å². The van der Waals surface area contributed by atoms with Crippen LogP contribution in [0.3, 0.4) is 0 Å². The maximum absolute atomic E-state index is 13.5. The van der Waals surface area contributed by atoms with Gasteiger partial charge in [0, 0.05) is 17.8 Å². The normalized spacial score (nSPS) is 22.4. The van der Waals surface area contributed by atoms with Crippen molar-refractivity contribution in [2.24, 2.45) is 0 Å². The van der Waals surface area contributed by atoms with Gasteiger partial charge in [-0.2, -0.15) is 11.8 Å². The summed E-state index contributed by atoms with van der Waals surface area (Å²) in [6, 6.07) is 6.34. The summed E-state index contributed by atoms with van der Waals surface area (Å²) in [4.78, 5) is 0. The Morgan fingerprint density at radius 3 is 2.94 bits per heavy atom. The SMILES string of the molecule is Cc1ccc(C(C)NC2CCCSC2)cc1F. The second-order valence-electron chi connectivity index (χ2n) is 4.81. The Bertz CT molecular complexity index is 374. The predicted molar refractivity (Wildman–Crippen MR) is 73.0 cm³/mol. The average Bonchev–Trinajstić information content (AvgIpc) is 2.34. The van der Waals surface area contributed by atoms with Gasteiger partial charge < -0.3 is 5.32 Å². The fraction of sp³-hybridized carbons (Fsp3) is 0.571. The van der Waals surface area contributed by atoms with Crippen LogP contribution in [0.25, 0.3) is 0 Å². The van der Waals surface area contributed by atoms with Gasteiger partial charge in [0.15, 0.2) is 0 Å². The average molecular weight is 253 g/mol. The molecule has 1 N–H and O–H groups in total. The number of benzene rings is 1. The van der Waals surface area contributed by atoms with Crippen LogP contribution in [-0.4, -0.2) is 17.5 Å². The first kappa shape index (κ1) is 12.9. The van der Waals surface area contributed by atoms with E-state index in [2.05, 4.69) is 12.2 Å². The lowest BCUT2D eigenvalue weighted by Gasteiger charge is -2.26. The van der Waals surface area contributed by atoms with Crippen LogP contribution < -0.4 is 5.32 Å². The van der Waals surface area contributed by atoms with Crippen molar-refractivity contribution in [2.45, 2.75) is 38.8 Å². The van der Waals surface area contributed by atoms with Crippen molar-refractivity contribution in [2.75, 3.05) is 11.5 Å². The van der Waals surface area contributed by atoms with Crippen LogP contribution in [0.5, 0.6) is 0 Å². The molecule has 0 aliphatic carbocycles. The van der Waals surface area contributed by atoms with E-state index in [0.29, 0.717) is 11.6 Å². The van der Waals surface area contributed by atoms with Crippen molar-refractivity contribution < 1.29 is 4.39 Å².